The van der Waals surface area contributed by atoms with E-state index in [2.05, 4.69) is 10.6 Å². The highest BCUT2D eigenvalue weighted by molar-refractivity contribution is 6.07. The predicted molar refractivity (Wildman–Crippen MR) is 52.1 cm³/mol. The molecule has 78 valence electrons. The maximum absolute atomic E-state index is 11.6. The van der Waals surface area contributed by atoms with E-state index in [0.29, 0.717) is 5.56 Å². The lowest BCUT2D eigenvalue weighted by atomic mass is 9.91. The highest BCUT2D eigenvalue weighted by Gasteiger charge is 2.44. The molecule has 3 N–H and O–H groups in total. The van der Waals surface area contributed by atoms with Crippen LogP contribution in [0.15, 0.2) is 24.3 Å². The Bertz CT molecular complexity index is 444. The van der Waals surface area contributed by atoms with Gasteiger partial charge in [-0.2, -0.15) is 0 Å². The average molecular weight is 206 g/mol. The molecular weight excluding hydrogens is 196 g/mol. The maximum atomic E-state index is 11.6. The van der Waals surface area contributed by atoms with E-state index < -0.39 is 17.5 Å². The molecule has 0 unspecified atom stereocenters. The van der Waals surface area contributed by atoms with Gasteiger partial charge in [-0.25, -0.2) is 4.79 Å². The number of para-hydroxylation sites is 1. The Morgan fingerprint density at radius 2 is 1.93 bits per heavy atom. The van der Waals surface area contributed by atoms with Crippen LogP contribution in [0.1, 0.15) is 12.5 Å². The molecule has 0 aromatic heterocycles. The van der Waals surface area contributed by atoms with E-state index >= 15 is 0 Å². The molecule has 0 saturated carbocycles. The van der Waals surface area contributed by atoms with Crippen molar-refractivity contribution in [2.75, 3.05) is 0 Å². The lowest BCUT2D eigenvalue weighted by molar-refractivity contribution is -0.123. The number of carbonyl (C=O) groups excluding carboxylic acids is 2. The van der Waals surface area contributed by atoms with Crippen molar-refractivity contribution in [1.29, 1.82) is 0 Å². The summed E-state index contributed by atoms with van der Waals surface area (Å²) < 4.78 is 0. The van der Waals surface area contributed by atoms with E-state index in [-0.39, 0.29) is 5.75 Å². The van der Waals surface area contributed by atoms with Crippen molar-refractivity contribution in [3.8, 4) is 5.75 Å². The molecule has 1 aliphatic rings. The molecule has 3 amide bonds. The molecule has 1 aromatic carbocycles. The zero-order valence-corrected chi connectivity index (χ0v) is 8.07. The van der Waals surface area contributed by atoms with E-state index in [1.165, 1.54) is 6.07 Å². The lowest BCUT2D eigenvalue weighted by Crippen LogP contribution is -2.40. The fraction of sp³-hybridized carbons (Fsp3) is 0.200. The summed E-state index contributed by atoms with van der Waals surface area (Å²) in [5.74, 6) is -0.480. The number of hydrogen-bond acceptors (Lipinski definition) is 3. The molecule has 1 atom stereocenters. The monoisotopic (exact) mass is 206 g/mol. The number of amides is 3. The lowest BCUT2D eigenvalue weighted by Gasteiger charge is -2.21. The standard InChI is InChI=1S/C10H10N2O3/c1-10(8(14)11-9(15)12-10)6-4-2-3-5-7(6)13/h2-5,13H,1H3,(H2,11,12,14,15)/t10-/m0/s1. The molecule has 1 fully saturated rings. The van der Waals surface area contributed by atoms with Gasteiger partial charge in [0.1, 0.15) is 11.3 Å². The molecule has 5 nitrogen and oxygen atoms in total. The highest BCUT2D eigenvalue weighted by atomic mass is 16.3. The Morgan fingerprint density at radius 3 is 2.47 bits per heavy atom. The molecule has 2 rings (SSSR count). The van der Waals surface area contributed by atoms with Gasteiger partial charge in [0.25, 0.3) is 5.91 Å². The van der Waals surface area contributed by atoms with Crippen LogP contribution in [-0.2, 0) is 10.3 Å². The molecule has 0 radical (unpaired) electrons. The second kappa shape index (κ2) is 2.98. The molecular formula is C10H10N2O3. The second-order valence-corrected chi connectivity index (χ2v) is 3.55. The maximum Gasteiger partial charge on any atom is 0.322 e. The Labute approximate surface area is 86.1 Å². The van der Waals surface area contributed by atoms with Crippen LogP contribution in [0.3, 0.4) is 0 Å². The molecule has 1 saturated heterocycles. The molecule has 1 heterocycles. The molecule has 15 heavy (non-hydrogen) atoms. The van der Waals surface area contributed by atoms with E-state index in [1.54, 1.807) is 25.1 Å². The van der Waals surface area contributed by atoms with Crippen LogP contribution >= 0.6 is 0 Å². The number of nitrogens with one attached hydrogen (secondary N) is 2. The predicted octanol–water partition coefficient (Wildman–Crippen LogP) is 0.447. The van der Waals surface area contributed by atoms with Gasteiger partial charge in [-0.1, -0.05) is 18.2 Å². The van der Waals surface area contributed by atoms with Crippen LogP contribution in [0, 0.1) is 0 Å². The van der Waals surface area contributed by atoms with Crippen molar-refractivity contribution in [3.05, 3.63) is 29.8 Å². The zero-order valence-electron chi connectivity index (χ0n) is 8.07. The number of rotatable bonds is 1. The van der Waals surface area contributed by atoms with Crippen molar-refractivity contribution in [3.63, 3.8) is 0 Å². The van der Waals surface area contributed by atoms with Crippen LogP contribution in [0.25, 0.3) is 0 Å². The number of aromatic hydroxyl groups is 1. The number of benzene rings is 1. The summed E-state index contributed by atoms with van der Waals surface area (Å²) in [7, 11) is 0. The van der Waals surface area contributed by atoms with Crippen molar-refractivity contribution < 1.29 is 14.7 Å². The number of urea groups is 1. The first-order valence-corrected chi connectivity index (χ1v) is 4.46. The van der Waals surface area contributed by atoms with Crippen molar-refractivity contribution >= 4 is 11.9 Å². The SMILES string of the molecule is C[C@@]1(c2ccccc2O)NC(=O)NC1=O. The number of carbonyl (C=O) groups is 2. The van der Waals surface area contributed by atoms with E-state index in [1.807, 2.05) is 0 Å². The summed E-state index contributed by atoms with van der Waals surface area (Å²) in [6, 6.07) is 5.86. The van der Waals surface area contributed by atoms with Crippen LogP contribution < -0.4 is 10.6 Å². The second-order valence-electron chi connectivity index (χ2n) is 3.55. The third-order valence-corrected chi connectivity index (χ3v) is 2.49. The quantitative estimate of drug-likeness (QED) is 0.583. The fourth-order valence-corrected chi connectivity index (χ4v) is 1.63. The average Bonchev–Trinajstić information content (AvgIpc) is 2.42. The number of phenolic OH excluding ortho intramolecular Hbond substituents is 1. The van der Waals surface area contributed by atoms with Crippen molar-refractivity contribution in [1.82, 2.24) is 10.6 Å². The first-order valence-electron chi connectivity index (χ1n) is 4.46. The number of phenols is 1. The summed E-state index contributed by atoms with van der Waals surface area (Å²) in [4.78, 5) is 22.6. The van der Waals surface area contributed by atoms with Gasteiger partial charge in [0.15, 0.2) is 0 Å². The van der Waals surface area contributed by atoms with E-state index in [9.17, 15) is 14.7 Å². The summed E-state index contributed by atoms with van der Waals surface area (Å²) in [6.07, 6.45) is 0. The highest BCUT2D eigenvalue weighted by Crippen LogP contribution is 2.30. The third kappa shape index (κ3) is 1.32. The number of hydrogen-bond donors (Lipinski definition) is 3. The van der Waals surface area contributed by atoms with Crippen molar-refractivity contribution in [2.24, 2.45) is 0 Å². The number of imide groups is 1. The van der Waals surface area contributed by atoms with Gasteiger partial charge in [0.05, 0.1) is 0 Å². The van der Waals surface area contributed by atoms with Gasteiger partial charge < -0.3 is 10.4 Å². The third-order valence-electron chi connectivity index (χ3n) is 2.49. The summed E-state index contributed by atoms with van der Waals surface area (Å²) in [5.41, 5.74) is -0.809. The minimum absolute atomic E-state index is 0.0163. The largest absolute Gasteiger partial charge is 0.508 e. The summed E-state index contributed by atoms with van der Waals surface area (Å²) in [6.45, 7) is 1.54. The van der Waals surface area contributed by atoms with Crippen LogP contribution in [-0.4, -0.2) is 17.0 Å². The molecule has 1 aliphatic heterocycles. The van der Waals surface area contributed by atoms with Crippen LogP contribution in [0.4, 0.5) is 4.79 Å². The Morgan fingerprint density at radius 1 is 1.27 bits per heavy atom. The molecule has 0 aliphatic carbocycles. The summed E-state index contributed by atoms with van der Waals surface area (Å²) in [5, 5.41) is 14.2. The molecule has 1 aromatic rings. The van der Waals surface area contributed by atoms with Gasteiger partial charge in [0, 0.05) is 5.56 Å². The topological polar surface area (TPSA) is 78.4 Å². The van der Waals surface area contributed by atoms with E-state index in [0.717, 1.165) is 0 Å². The normalized spacial score (nSPS) is 24.9. The molecule has 5 heteroatoms. The Balaban J connectivity index is 2.51. The first kappa shape index (κ1) is 9.51. The van der Waals surface area contributed by atoms with Gasteiger partial charge in [-0.05, 0) is 13.0 Å². The minimum Gasteiger partial charge on any atom is -0.508 e. The molecule has 0 spiro atoms. The van der Waals surface area contributed by atoms with E-state index in [4.69, 9.17) is 0 Å². The zero-order chi connectivity index (χ0) is 11.1. The Kier molecular flexibility index (Phi) is 1.89. The van der Waals surface area contributed by atoms with Gasteiger partial charge in [-0.15, -0.1) is 0 Å². The summed E-state index contributed by atoms with van der Waals surface area (Å²) >= 11 is 0. The van der Waals surface area contributed by atoms with Gasteiger partial charge >= 0.3 is 6.03 Å². The van der Waals surface area contributed by atoms with Crippen LogP contribution in [0.5, 0.6) is 5.75 Å². The minimum atomic E-state index is -1.19. The smallest absolute Gasteiger partial charge is 0.322 e. The first-order chi connectivity index (χ1) is 7.04. The molecule has 0 bridgehead atoms. The Hall–Kier alpha value is -2.04. The van der Waals surface area contributed by atoms with Crippen LogP contribution in [0.2, 0.25) is 0 Å². The fourth-order valence-electron chi connectivity index (χ4n) is 1.63. The van der Waals surface area contributed by atoms with Crippen molar-refractivity contribution in [2.45, 2.75) is 12.5 Å². The van der Waals surface area contributed by atoms with Gasteiger partial charge in [-0.3, -0.25) is 10.1 Å². The van der Waals surface area contributed by atoms with Gasteiger partial charge in [0.2, 0.25) is 0 Å².